The second kappa shape index (κ2) is 6.52. The zero-order valence-corrected chi connectivity index (χ0v) is 12.9. The monoisotopic (exact) mass is 310 g/mol. The van der Waals surface area contributed by atoms with Gasteiger partial charge in [0.1, 0.15) is 5.75 Å². The summed E-state index contributed by atoms with van der Waals surface area (Å²) in [5, 5.41) is 2.85. The van der Waals surface area contributed by atoms with Gasteiger partial charge >= 0.3 is 0 Å². The van der Waals surface area contributed by atoms with Crippen molar-refractivity contribution >= 4 is 23.2 Å². The highest BCUT2D eigenvalue weighted by atomic mass is 16.5. The van der Waals surface area contributed by atoms with Crippen LogP contribution in [0.1, 0.15) is 23.7 Å². The number of ether oxygens (including phenoxy) is 1. The second-order valence-electron chi connectivity index (χ2n) is 5.34. The van der Waals surface area contributed by atoms with Gasteiger partial charge in [-0.25, -0.2) is 0 Å². The molecule has 1 aliphatic rings. The van der Waals surface area contributed by atoms with Crippen molar-refractivity contribution in [2.45, 2.75) is 13.3 Å². The highest BCUT2D eigenvalue weighted by Gasteiger charge is 2.25. The third-order valence-corrected chi connectivity index (χ3v) is 3.64. The molecule has 0 saturated heterocycles. The van der Waals surface area contributed by atoms with Crippen LogP contribution in [0.3, 0.4) is 0 Å². The quantitative estimate of drug-likeness (QED) is 0.944. The average molecular weight is 310 g/mol. The molecule has 0 fully saturated rings. The number of carbonyl (C=O) groups excluding carboxylic acids is 2. The van der Waals surface area contributed by atoms with E-state index in [1.54, 1.807) is 35.2 Å². The van der Waals surface area contributed by atoms with Crippen LogP contribution in [0, 0.1) is 0 Å². The standard InChI is InChI=1S/C18H18N2O3/c1-2-10-20-15-11-14(8-9-16(15)23-12-17(20)21)19-18(22)13-6-4-3-5-7-13/h3-9,11H,2,10,12H2,1H3,(H,19,22). The van der Waals surface area contributed by atoms with Gasteiger partial charge in [0.15, 0.2) is 6.61 Å². The fourth-order valence-corrected chi connectivity index (χ4v) is 2.54. The maximum atomic E-state index is 12.2. The third-order valence-electron chi connectivity index (χ3n) is 3.64. The van der Waals surface area contributed by atoms with E-state index >= 15 is 0 Å². The Morgan fingerprint density at radius 1 is 1.22 bits per heavy atom. The van der Waals surface area contributed by atoms with Crippen molar-refractivity contribution in [3.63, 3.8) is 0 Å². The Hall–Kier alpha value is -2.82. The predicted octanol–water partition coefficient (Wildman–Crippen LogP) is 3.07. The van der Waals surface area contributed by atoms with Crippen molar-refractivity contribution in [3.05, 3.63) is 54.1 Å². The fourth-order valence-electron chi connectivity index (χ4n) is 2.54. The summed E-state index contributed by atoms with van der Waals surface area (Å²) in [6.07, 6.45) is 0.853. The largest absolute Gasteiger partial charge is 0.482 e. The maximum Gasteiger partial charge on any atom is 0.265 e. The number of rotatable bonds is 4. The van der Waals surface area contributed by atoms with Gasteiger partial charge in [0.25, 0.3) is 11.8 Å². The molecule has 2 aromatic rings. The number of carbonyl (C=O) groups is 2. The molecule has 23 heavy (non-hydrogen) atoms. The summed E-state index contributed by atoms with van der Waals surface area (Å²) in [6.45, 7) is 2.71. The van der Waals surface area contributed by atoms with E-state index in [0.29, 0.717) is 29.2 Å². The minimum Gasteiger partial charge on any atom is -0.482 e. The predicted molar refractivity (Wildman–Crippen MR) is 89.0 cm³/mol. The smallest absolute Gasteiger partial charge is 0.265 e. The van der Waals surface area contributed by atoms with Crippen molar-refractivity contribution in [2.24, 2.45) is 0 Å². The van der Waals surface area contributed by atoms with Crippen molar-refractivity contribution in [1.82, 2.24) is 0 Å². The summed E-state index contributed by atoms with van der Waals surface area (Å²) in [7, 11) is 0. The normalized spacial score (nSPS) is 13.3. The van der Waals surface area contributed by atoms with Gasteiger partial charge in [0.2, 0.25) is 0 Å². The number of nitrogens with one attached hydrogen (secondary N) is 1. The van der Waals surface area contributed by atoms with E-state index in [1.165, 1.54) is 0 Å². The molecule has 0 aliphatic carbocycles. The van der Waals surface area contributed by atoms with Gasteiger partial charge in [0, 0.05) is 17.8 Å². The van der Waals surface area contributed by atoms with Crippen LogP contribution < -0.4 is 15.0 Å². The molecule has 1 heterocycles. The number of benzene rings is 2. The molecule has 1 N–H and O–H groups in total. The molecule has 1 aliphatic heterocycles. The van der Waals surface area contributed by atoms with Gasteiger partial charge in [-0.2, -0.15) is 0 Å². The molecule has 3 rings (SSSR count). The summed E-state index contributed by atoms with van der Waals surface area (Å²) in [6, 6.07) is 14.3. The van der Waals surface area contributed by atoms with Crippen LogP contribution in [0.2, 0.25) is 0 Å². The van der Waals surface area contributed by atoms with E-state index in [-0.39, 0.29) is 18.4 Å². The summed E-state index contributed by atoms with van der Waals surface area (Å²) >= 11 is 0. The highest BCUT2D eigenvalue weighted by Crippen LogP contribution is 2.34. The molecule has 5 heteroatoms. The molecule has 0 aromatic heterocycles. The first kappa shape index (κ1) is 15.1. The molecule has 118 valence electrons. The van der Waals surface area contributed by atoms with E-state index < -0.39 is 0 Å². The fraction of sp³-hybridized carbons (Fsp3) is 0.222. The van der Waals surface area contributed by atoms with Crippen LogP contribution >= 0.6 is 0 Å². The molecular weight excluding hydrogens is 292 g/mol. The first-order valence-corrected chi connectivity index (χ1v) is 7.62. The number of amides is 2. The summed E-state index contributed by atoms with van der Waals surface area (Å²) in [4.78, 5) is 26.0. The summed E-state index contributed by atoms with van der Waals surface area (Å²) in [5.41, 5.74) is 1.92. The Morgan fingerprint density at radius 2 is 2.00 bits per heavy atom. The Labute approximate surface area is 134 Å². The average Bonchev–Trinajstić information content (AvgIpc) is 2.58. The maximum absolute atomic E-state index is 12.2. The minimum absolute atomic E-state index is 0.0583. The Morgan fingerprint density at radius 3 is 2.74 bits per heavy atom. The van der Waals surface area contributed by atoms with E-state index in [9.17, 15) is 9.59 Å². The number of hydrogen-bond acceptors (Lipinski definition) is 3. The molecule has 0 spiro atoms. The topological polar surface area (TPSA) is 58.6 Å². The van der Waals surface area contributed by atoms with Crippen LogP contribution in [-0.2, 0) is 4.79 Å². The first-order valence-electron chi connectivity index (χ1n) is 7.62. The minimum atomic E-state index is -0.185. The van der Waals surface area contributed by atoms with Crippen LogP contribution in [0.25, 0.3) is 0 Å². The molecule has 2 amide bonds. The van der Waals surface area contributed by atoms with Crippen LogP contribution in [-0.4, -0.2) is 25.0 Å². The highest BCUT2D eigenvalue weighted by molar-refractivity contribution is 6.05. The van der Waals surface area contributed by atoms with Crippen molar-refractivity contribution < 1.29 is 14.3 Å². The zero-order valence-electron chi connectivity index (χ0n) is 12.9. The van der Waals surface area contributed by atoms with E-state index in [1.807, 2.05) is 25.1 Å². The third kappa shape index (κ3) is 3.18. The molecule has 0 saturated carbocycles. The Kier molecular flexibility index (Phi) is 4.28. The van der Waals surface area contributed by atoms with Gasteiger partial charge in [0.05, 0.1) is 5.69 Å². The molecule has 0 unspecified atom stereocenters. The first-order chi connectivity index (χ1) is 11.2. The van der Waals surface area contributed by atoms with Crippen molar-refractivity contribution in [2.75, 3.05) is 23.4 Å². The molecule has 0 atom stereocenters. The lowest BCUT2D eigenvalue weighted by molar-refractivity contribution is -0.121. The van der Waals surface area contributed by atoms with Gasteiger partial charge < -0.3 is 15.0 Å². The molecule has 0 radical (unpaired) electrons. The molecule has 5 nitrogen and oxygen atoms in total. The molecule has 2 aromatic carbocycles. The number of hydrogen-bond donors (Lipinski definition) is 1. The lowest BCUT2D eigenvalue weighted by atomic mass is 10.1. The summed E-state index contributed by atoms with van der Waals surface area (Å²) < 4.78 is 5.45. The zero-order chi connectivity index (χ0) is 16.2. The number of fused-ring (bicyclic) bond motifs is 1. The number of anilines is 2. The van der Waals surface area contributed by atoms with Crippen LogP contribution in [0.15, 0.2) is 48.5 Å². The van der Waals surface area contributed by atoms with Gasteiger partial charge in [-0.15, -0.1) is 0 Å². The number of nitrogens with zero attached hydrogens (tertiary/aromatic N) is 1. The SMILES string of the molecule is CCCN1C(=O)COc2ccc(NC(=O)c3ccccc3)cc21. The molecule has 0 bridgehead atoms. The Balaban J connectivity index is 1.85. The Bertz CT molecular complexity index is 728. The van der Waals surface area contributed by atoms with Crippen molar-refractivity contribution in [3.8, 4) is 5.75 Å². The van der Waals surface area contributed by atoms with Crippen molar-refractivity contribution in [1.29, 1.82) is 0 Å². The summed E-state index contributed by atoms with van der Waals surface area (Å²) in [5.74, 6) is 0.414. The lowest BCUT2D eigenvalue weighted by Gasteiger charge is -2.29. The van der Waals surface area contributed by atoms with E-state index in [4.69, 9.17) is 4.74 Å². The van der Waals surface area contributed by atoms with Gasteiger partial charge in [-0.3, -0.25) is 9.59 Å². The second-order valence-corrected chi connectivity index (χ2v) is 5.34. The van der Waals surface area contributed by atoms with Crippen LogP contribution in [0.5, 0.6) is 5.75 Å². The van der Waals surface area contributed by atoms with E-state index in [2.05, 4.69) is 5.32 Å². The van der Waals surface area contributed by atoms with Gasteiger partial charge in [-0.05, 0) is 36.8 Å². The van der Waals surface area contributed by atoms with Crippen LogP contribution in [0.4, 0.5) is 11.4 Å². The van der Waals surface area contributed by atoms with E-state index in [0.717, 1.165) is 6.42 Å². The molecular formula is C18H18N2O3. The van der Waals surface area contributed by atoms with Gasteiger partial charge in [-0.1, -0.05) is 25.1 Å². The lowest BCUT2D eigenvalue weighted by Crippen LogP contribution is -2.39.